The van der Waals surface area contributed by atoms with Crippen LogP contribution in [-0.4, -0.2) is 7.11 Å². The van der Waals surface area contributed by atoms with Gasteiger partial charge in [0.15, 0.2) is 0 Å². The Kier molecular flexibility index (Phi) is 5.42. The van der Waals surface area contributed by atoms with E-state index in [1.165, 1.54) is 11.3 Å². The fourth-order valence-electron chi connectivity index (χ4n) is 3.22. The minimum atomic E-state index is 0.00403. The van der Waals surface area contributed by atoms with Crippen LogP contribution in [0.5, 0.6) is 5.75 Å². The van der Waals surface area contributed by atoms with Crippen molar-refractivity contribution in [3.63, 3.8) is 0 Å². The fraction of sp³-hybridized carbons (Fsp3) is 0.0417. The molecular weight excluding hydrogens is 432 g/mol. The second kappa shape index (κ2) is 8.13. The number of rotatable bonds is 4. The molecule has 0 bridgehead atoms. The third-order valence-electron chi connectivity index (χ3n) is 4.55. The Labute approximate surface area is 176 Å². The molecule has 2 nitrogen and oxygen atoms in total. The molecule has 0 spiro atoms. The predicted molar refractivity (Wildman–Crippen MR) is 121 cm³/mol. The molecular formula is C24H17BrO2S. The molecule has 0 aliphatic heterocycles. The molecule has 4 heteroatoms. The first-order valence-electron chi connectivity index (χ1n) is 8.81. The van der Waals surface area contributed by atoms with E-state index in [1.54, 1.807) is 7.11 Å². The summed E-state index contributed by atoms with van der Waals surface area (Å²) in [6, 6.07) is 28.1. The number of halogens is 1. The van der Waals surface area contributed by atoms with Gasteiger partial charge < -0.3 is 4.74 Å². The van der Waals surface area contributed by atoms with Gasteiger partial charge >= 0.3 is 0 Å². The summed E-state index contributed by atoms with van der Waals surface area (Å²) in [6.07, 6.45) is 0. The lowest BCUT2D eigenvalue weighted by atomic mass is 9.93. The first-order chi connectivity index (χ1) is 13.7. The smallest absolute Gasteiger partial charge is 0.247 e. The molecule has 0 aliphatic rings. The second-order valence-electron chi connectivity index (χ2n) is 6.24. The topological polar surface area (TPSA) is 26.3 Å². The van der Waals surface area contributed by atoms with Gasteiger partial charge in [-0.25, -0.2) is 0 Å². The minimum Gasteiger partial charge on any atom is -0.497 e. The van der Waals surface area contributed by atoms with Gasteiger partial charge in [0.25, 0.3) is 0 Å². The Balaban J connectivity index is 2.08. The minimum absolute atomic E-state index is 0.00403. The van der Waals surface area contributed by atoms with Gasteiger partial charge in [0.2, 0.25) is 4.74 Å². The first-order valence-corrected chi connectivity index (χ1v) is 10.4. The number of hydrogen-bond donors (Lipinski definition) is 0. The molecule has 0 atom stereocenters. The molecule has 0 radical (unpaired) electrons. The molecule has 0 saturated carbocycles. The molecule has 28 heavy (non-hydrogen) atoms. The normalized spacial score (nSPS) is 10.6. The SMILES string of the molecule is COc1ccc(-c2sc(=O)c(Br)c(-c3ccccc3)c2-c2ccccc2)cc1. The summed E-state index contributed by atoms with van der Waals surface area (Å²) in [4.78, 5) is 13.8. The van der Waals surface area contributed by atoms with Crippen LogP contribution in [0.1, 0.15) is 0 Å². The highest BCUT2D eigenvalue weighted by Gasteiger charge is 2.20. The van der Waals surface area contributed by atoms with Crippen molar-refractivity contribution in [2.45, 2.75) is 0 Å². The van der Waals surface area contributed by atoms with Gasteiger partial charge in [-0.1, -0.05) is 72.0 Å². The Bertz CT molecular complexity index is 1150. The van der Waals surface area contributed by atoms with Gasteiger partial charge in [0, 0.05) is 16.0 Å². The molecule has 4 rings (SSSR count). The van der Waals surface area contributed by atoms with E-state index in [0.717, 1.165) is 38.4 Å². The third-order valence-corrected chi connectivity index (χ3v) is 6.60. The summed E-state index contributed by atoms with van der Waals surface area (Å²) in [6.45, 7) is 0. The Morgan fingerprint density at radius 2 is 1.25 bits per heavy atom. The fourth-order valence-corrected chi connectivity index (χ4v) is 4.84. The summed E-state index contributed by atoms with van der Waals surface area (Å²) >= 11 is 4.83. The molecule has 138 valence electrons. The van der Waals surface area contributed by atoms with Crippen molar-refractivity contribution in [1.82, 2.24) is 0 Å². The number of benzene rings is 3. The van der Waals surface area contributed by atoms with E-state index in [9.17, 15) is 4.79 Å². The third kappa shape index (κ3) is 3.53. The molecule has 0 amide bonds. The van der Waals surface area contributed by atoms with E-state index in [2.05, 4.69) is 28.1 Å². The first kappa shape index (κ1) is 18.7. The maximum absolute atomic E-state index is 12.9. The molecule has 1 aromatic heterocycles. The molecule has 0 unspecified atom stereocenters. The Morgan fingerprint density at radius 1 is 0.714 bits per heavy atom. The van der Waals surface area contributed by atoms with Crippen LogP contribution >= 0.6 is 27.3 Å². The van der Waals surface area contributed by atoms with Crippen molar-refractivity contribution in [2.75, 3.05) is 7.11 Å². The largest absolute Gasteiger partial charge is 0.497 e. The second-order valence-corrected chi connectivity index (χ2v) is 8.02. The van der Waals surface area contributed by atoms with Gasteiger partial charge in [-0.15, -0.1) is 0 Å². The zero-order chi connectivity index (χ0) is 19.5. The summed E-state index contributed by atoms with van der Waals surface area (Å²) < 4.78 is 5.89. The maximum Gasteiger partial charge on any atom is 0.247 e. The molecule has 0 aliphatic carbocycles. The molecule has 4 aromatic rings. The van der Waals surface area contributed by atoms with E-state index in [-0.39, 0.29) is 4.74 Å². The van der Waals surface area contributed by atoms with Crippen molar-refractivity contribution >= 4 is 27.3 Å². The number of methoxy groups -OCH3 is 1. The average molecular weight is 449 g/mol. The van der Waals surface area contributed by atoms with Gasteiger partial charge in [0.05, 0.1) is 11.6 Å². The van der Waals surface area contributed by atoms with E-state index >= 15 is 0 Å². The summed E-state index contributed by atoms with van der Waals surface area (Å²) in [5.41, 5.74) is 5.04. The molecule has 1 heterocycles. The highest BCUT2D eigenvalue weighted by Crippen LogP contribution is 2.44. The van der Waals surface area contributed by atoms with Crippen LogP contribution in [-0.2, 0) is 0 Å². The van der Waals surface area contributed by atoms with Crippen molar-refractivity contribution in [3.05, 3.63) is 98.9 Å². The van der Waals surface area contributed by atoms with Crippen molar-refractivity contribution in [3.8, 4) is 38.4 Å². The summed E-state index contributed by atoms with van der Waals surface area (Å²) in [5, 5.41) is 0. The molecule has 0 saturated heterocycles. The lowest BCUT2D eigenvalue weighted by Crippen LogP contribution is -2.02. The van der Waals surface area contributed by atoms with Gasteiger partial charge in [0.1, 0.15) is 5.75 Å². The number of ether oxygens (including phenoxy) is 1. The van der Waals surface area contributed by atoms with Crippen LogP contribution in [0.15, 0.2) is 94.2 Å². The maximum atomic E-state index is 12.9. The van der Waals surface area contributed by atoms with E-state index in [0.29, 0.717) is 4.47 Å². The van der Waals surface area contributed by atoms with Gasteiger partial charge in [-0.3, -0.25) is 4.79 Å². The van der Waals surface area contributed by atoms with Crippen LogP contribution in [0.25, 0.3) is 32.7 Å². The Morgan fingerprint density at radius 3 is 1.79 bits per heavy atom. The zero-order valence-electron chi connectivity index (χ0n) is 15.2. The summed E-state index contributed by atoms with van der Waals surface area (Å²) in [5.74, 6) is 0.790. The van der Waals surface area contributed by atoms with Crippen LogP contribution in [0.3, 0.4) is 0 Å². The average Bonchev–Trinajstić information content (AvgIpc) is 2.76. The van der Waals surface area contributed by atoms with E-state index in [4.69, 9.17) is 4.74 Å². The van der Waals surface area contributed by atoms with Crippen LogP contribution in [0, 0.1) is 0 Å². The van der Waals surface area contributed by atoms with Crippen LogP contribution < -0.4 is 9.48 Å². The van der Waals surface area contributed by atoms with E-state index in [1.807, 2.05) is 72.8 Å². The quantitative estimate of drug-likeness (QED) is 0.340. The van der Waals surface area contributed by atoms with Gasteiger partial charge in [-0.2, -0.15) is 0 Å². The van der Waals surface area contributed by atoms with Gasteiger partial charge in [-0.05, 0) is 56.9 Å². The van der Waals surface area contributed by atoms with Crippen LogP contribution in [0.4, 0.5) is 0 Å². The molecule has 3 aromatic carbocycles. The predicted octanol–water partition coefficient (Wildman–Crippen LogP) is 6.88. The highest BCUT2D eigenvalue weighted by atomic mass is 79.9. The standard InChI is InChI=1S/C24H17BrO2S/c1-27-19-14-12-18(13-15-19)23-21(17-10-6-3-7-11-17)20(22(25)24(26)28-23)16-8-4-2-5-9-16/h2-15H,1H3. The number of hydrogen-bond acceptors (Lipinski definition) is 3. The zero-order valence-corrected chi connectivity index (χ0v) is 17.6. The lowest BCUT2D eigenvalue weighted by molar-refractivity contribution is 0.415. The lowest BCUT2D eigenvalue weighted by Gasteiger charge is -2.17. The van der Waals surface area contributed by atoms with Crippen molar-refractivity contribution in [2.24, 2.45) is 0 Å². The van der Waals surface area contributed by atoms with Crippen molar-refractivity contribution < 1.29 is 4.74 Å². The van der Waals surface area contributed by atoms with E-state index < -0.39 is 0 Å². The van der Waals surface area contributed by atoms with Crippen molar-refractivity contribution in [1.29, 1.82) is 0 Å². The molecule has 0 fully saturated rings. The Hall–Kier alpha value is -2.69. The summed E-state index contributed by atoms with van der Waals surface area (Å²) in [7, 11) is 1.65. The monoisotopic (exact) mass is 448 g/mol. The molecule has 0 N–H and O–H groups in total. The van der Waals surface area contributed by atoms with Crippen LogP contribution in [0.2, 0.25) is 0 Å². The highest BCUT2D eigenvalue weighted by molar-refractivity contribution is 9.10.